The van der Waals surface area contributed by atoms with Crippen LogP contribution in [-0.2, 0) is 9.53 Å². The number of rotatable bonds is 6. The number of hydrogen-bond donors (Lipinski definition) is 2. The molecule has 1 aromatic rings. The molecule has 24 heavy (non-hydrogen) atoms. The van der Waals surface area contributed by atoms with Crippen molar-refractivity contribution in [3.63, 3.8) is 0 Å². The molecule has 0 radical (unpaired) electrons. The first-order chi connectivity index (χ1) is 11.2. The Bertz CT molecular complexity index is 594. The largest absolute Gasteiger partial charge is 0.462 e. The van der Waals surface area contributed by atoms with Crippen LogP contribution >= 0.6 is 12.2 Å². The van der Waals surface area contributed by atoms with E-state index in [1.54, 1.807) is 24.3 Å². The molecule has 5 nitrogen and oxygen atoms in total. The molecule has 0 aliphatic heterocycles. The van der Waals surface area contributed by atoms with Gasteiger partial charge in [-0.3, -0.25) is 4.79 Å². The molecule has 0 spiro atoms. The molecule has 1 rings (SSSR count). The first kappa shape index (κ1) is 20.1. The van der Waals surface area contributed by atoms with E-state index in [1.165, 1.54) is 0 Å². The Hall–Kier alpha value is -1.95. The maximum absolute atomic E-state index is 11.9. The van der Waals surface area contributed by atoms with E-state index in [0.717, 1.165) is 12.8 Å². The number of thiocarbonyl (C=S) groups is 1. The van der Waals surface area contributed by atoms with Gasteiger partial charge in [-0.05, 0) is 42.3 Å². The van der Waals surface area contributed by atoms with Crippen molar-refractivity contribution < 1.29 is 14.3 Å². The van der Waals surface area contributed by atoms with Gasteiger partial charge < -0.3 is 15.4 Å². The molecule has 132 valence electrons. The summed E-state index contributed by atoms with van der Waals surface area (Å²) >= 11 is 5.14. The molecular formula is C18H26N2O3S. The van der Waals surface area contributed by atoms with E-state index in [0.29, 0.717) is 24.3 Å². The van der Waals surface area contributed by atoms with Crippen LogP contribution in [0.4, 0.5) is 5.69 Å². The maximum Gasteiger partial charge on any atom is 0.338 e. The SMILES string of the molecule is CCCCOC(=O)c1cccc(NC(=S)NC(=O)CC(C)(C)C)c1. The minimum atomic E-state index is -0.366. The highest BCUT2D eigenvalue weighted by atomic mass is 32.1. The minimum absolute atomic E-state index is 0.109. The number of amides is 1. The van der Waals surface area contributed by atoms with Crippen molar-refractivity contribution in [3.05, 3.63) is 29.8 Å². The fourth-order valence-corrected chi connectivity index (χ4v) is 2.16. The maximum atomic E-state index is 11.9. The molecule has 0 fully saturated rings. The number of esters is 1. The lowest BCUT2D eigenvalue weighted by molar-refractivity contribution is -0.121. The first-order valence-corrected chi connectivity index (χ1v) is 8.50. The minimum Gasteiger partial charge on any atom is -0.462 e. The molecule has 0 heterocycles. The number of carbonyl (C=O) groups is 2. The summed E-state index contributed by atoms with van der Waals surface area (Å²) in [5.41, 5.74) is 0.961. The Morgan fingerprint density at radius 3 is 2.58 bits per heavy atom. The van der Waals surface area contributed by atoms with Crippen LogP contribution in [0.15, 0.2) is 24.3 Å². The van der Waals surface area contributed by atoms with Gasteiger partial charge in [-0.2, -0.15) is 0 Å². The Morgan fingerprint density at radius 2 is 1.96 bits per heavy atom. The second-order valence-corrected chi connectivity index (χ2v) is 7.22. The van der Waals surface area contributed by atoms with E-state index >= 15 is 0 Å². The molecule has 6 heteroatoms. The monoisotopic (exact) mass is 350 g/mol. The highest BCUT2D eigenvalue weighted by Crippen LogP contribution is 2.18. The topological polar surface area (TPSA) is 67.4 Å². The van der Waals surface area contributed by atoms with Crippen molar-refractivity contribution in [3.8, 4) is 0 Å². The standard InChI is InChI=1S/C18H26N2O3S/c1-5-6-10-23-16(22)13-8-7-9-14(11-13)19-17(24)20-15(21)12-18(2,3)4/h7-9,11H,5-6,10,12H2,1-4H3,(H2,19,20,21,24). The van der Waals surface area contributed by atoms with Gasteiger partial charge in [-0.15, -0.1) is 0 Å². The van der Waals surface area contributed by atoms with E-state index in [4.69, 9.17) is 17.0 Å². The molecule has 0 saturated heterocycles. The van der Waals surface area contributed by atoms with Crippen molar-refractivity contribution in [1.82, 2.24) is 5.32 Å². The zero-order chi connectivity index (χ0) is 18.2. The van der Waals surface area contributed by atoms with Crippen LogP contribution in [-0.4, -0.2) is 23.6 Å². The predicted octanol–water partition coefficient (Wildman–Crippen LogP) is 3.89. The Balaban J connectivity index is 2.59. The summed E-state index contributed by atoms with van der Waals surface area (Å²) in [6.07, 6.45) is 2.18. The number of ether oxygens (including phenoxy) is 1. The first-order valence-electron chi connectivity index (χ1n) is 8.09. The zero-order valence-corrected chi connectivity index (χ0v) is 15.6. The van der Waals surface area contributed by atoms with Crippen LogP contribution in [0, 0.1) is 5.41 Å². The lowest BCUT2D eigenvalue weighted by atomic mass is 9.92. The fourth-order valence-electron chi connectivity index (χ4n) is 1.93. The highest BCUT2D eigenvalue weighted by Gasteiger charge is 2.16. The molecule has 0 unspecified atom stereocenters. The lowest BCUT2D eigenvalue weighted by Crippen LogP contribution is -2.36. The van der Waals surface area contributed by atoms with Gasteiger partial charge in [-0.25, -0.2) is 4.79 Å². The quantitative estimate of drug-likeness (QED) is 0.463. The van der Waals surface area contributed by atoms with Gasteiger partial charge in [0.25, 0.3) is 0 Å². The molecule has 0 atom stereocenters. The number of hydrogen-bond acceptors (Lipinski definition) is 4. The Labute approximate surface area is 149 Å². The fraction of sp³-hybridized carbons (Fsp3) is 0.500. The molecule has 0 bridgehead atoms. The Kier molecular flexibility index (Phi) is 7.85. The van der Waals surface area contributed by atoms with E-state index in [2.05, 4.69) is 10.6 Å². The zero-order valence-electron chi connectivity index (χ0n) is 14.8. The van der Waals surface area contributed by atoms with E-state index in [1.807, 2.05) is 27.7 Å². The summed E-state index contributed by atoms with van der Waals surface area (Å²) in [6, 6.07) is 6.83. The summed E-state index contributed by atoms with van der Waals surface area (Å²) in [6.45, 7) is 8.39. The van der Waals surface area contributed by atoms with E-state index in [9.17, 15) is 9.59 Å². The summed E-state index contributed by atoms with van der Waals surface area (Å²) in [5.74, 6) is -0.509. The van der Waals surface area contributed by atoms with Gasteiger partial charge in [0.1, 0.15) is 0 Å². The third-order valence-corrected chi connectivity index (χ3v) is 3.24. The normalized spacial score (nSPS) is 10.8. The number of nitrogens with one attached hydrogen (secondary N) is 2. The van der Waals surface area contributed by atoms with Gasteiger partial charge in [0.05, 0.1) is 12.2 Å². The Morgan fingerprint density at radius 1 is 1.25 bits per heavy atom. The number of anilines is 1. The smallest absolute Gasteiger partial charge is 0.338 e. The molecule has 0 aliphatic carbocycles. The molecule has 1 amide bonds. The van der Waals surface area contributed by atoms with Gasteiger partial charge in [0.2, 0.25) is 5.91 Å². The molecule has 2 N–H and O–H groups in total. The van der Waals surface area contributed by atoms with E-state index < -0.39 is 0 Å². The van der Waals surface area contributed by atoms with Gasteiger partial charge in [0, 0.05) is 12.1 Å². The van der Waals surface area contributed by atoms with Gasteiger partial charge in [0.15, 0.2) is 5.11 Å². The van der Waals surface area contributed by atoms with Crippen LogP contribution in [0.2, 0.25) is 0 Å². The second kappa shape index (κ2) is 9.37. The molecule has 0 aliphatic rings. The van der Waals surface area contributed by atoms with Gasteiger partial charge >= 0.3 is 5.97 Å². The van der Waals surface area contributed by atoms with E-state index in [-0.39, 0.29) is 22.4 Å². The summed E-state index contributed by atoms with van der Waals surface area (Å²) < 4.78 is 5.18. The van der Waals surface area contributed by atoms with Crippen molar-refractivity contribution in [2.24, 2.45) is 5.41 Å². The van der Waals surface area contributed by atoms with Crippen LogP contribution in [0.1, 0.15) is 57.3 Å². The average molecular weight is 350 g/mol. The van der Waals surface area contributed by atoms with Crippen molar-refractivity contribution >= 4 is 34.9 Å². The van der Waals surface area contributed by atoms with Crippen LogP contribution < -0.4 is 10.6 Å². The predicted molar refractivity (Wildman–Crippen MR) is 100 cm³/mol. The summed E-state index contributed by atoms with van der Waals surface area (Å²) in [4.78, 5) is 23.8. The van der Waals surface area contributed by atoms with Crippen LogP contribution in [0.3, 0.4) is 0 Å². The highest BCUT2D eigenvalue weighted by molar-refractivity contribution is 7.80. The van der Waals surface area contributed by atoms with Crippen LogP contribution in [0.5, 0.6) is 0 Å². The third-order valence-electron chi connectivity index (χ3n) is 3.03. The molecule has 1 aromatic carbocycles. The van der Waals surface area contributed by atoms with Crippen molar-refractivity contribution in [1.29, 1.82) is 0 Å². The summed E-state index contributed by atoms with van der Waals surface area (Å²) in [5, 5.41) is 5.76. The number of carbonyl (C=O) groups excluding carboxylic acids is 2. The van der Waals surface area contributed by atoms with Crippen molar-refractivity contribution in [2.75, 3.05) is 11.9 Å². The number of unbranched alkanes of at least 4 members (excludes halogenated alkanes) is 1. The summed E-state index contributed by atoms with van der Waals surface area (Å²) in [7, 11) is 0. The van der Waals surface area contributed by atoms with Crippen LogP contribution in [0.25, 0.3) is 0 Å². The third kappa shape index (κ3) is 8.06. The van der Waals surface area contributed by atoms with Crippen molar-refractivity contribution in [2.45, 2.75) is 47.0 Å². The van der Waals surface area contributed by atoms with Gasteiger partial charge in [-0.1, -0.05) is 40.2 Å². The average Bonchev–Trinajstić information content (AvgIpc) is 2.45. The molecular weight excluding hydrogens is 324 g/mol. The lowest BCUT2D eigenvalue weighted by Gasteiger charge is -2.18. The number of benzene rings is 1. The molecule has 0 saturated carbocycles. The molecule has 0 aromatic heterocycles. The second-order valence-electron chi connectivity index (χ2n) is 6.81.